The smallest absolute Gasteiger partial charge is 0.275 e. The van der Waals surface area contributed by atoms with Crippen LogP contribution >= 0.6 is 0 Å². The van der Waals surface area contributed by atoms with Gasteiger partial charge in [0, 0.05) is 42.1 Å². The molecule has 1 saturated heterocycles. The lowest BCUT2D eigenvalue weighted by Crippen LogP contribution is -2.42. The summed E-state index contributed by atoms with van der Waals surface area (Å²) in [6.45, 7) is 0.984. The third-order valence-corrected chi connectivity index (χ3v) is 6.05. The topological polar surface area (TPSA) is 129 Å². The minimum Gasteiger partial charge on any atom is -0.497 e. The van der Waals surface area contributed by atoms with E-state index in [-0.39, 0.29) is 28.8 Å². The van der Waals surface area contributed by atoms with E-state index in [1.807, 2.05) is 24.3 Å². The number of anilines is 3. The number of rotatable bonds is 7. The summed E-state index contributed by atoms with van der Waals surface area (Å²) in [5, 5.41) is 11.2. The fourth-order valence-corrected chi connectivity index (χ4v) is 4.20. The van der Waals surface area contributed by atoms with Gasteiger partial charge < -0.3 is 25.6 Å². The van der Waals surface area contributed by atoms with E-state index in [0.29, 0.717) is 43.1 Å². The van der Waals surface area contributed by atoms with Gasteiger partial charge in [0.15, 0.2) is 0 Å². The van der Waals surface area contributed by atoms with Crippen LogP contribution < -0.4 is 25.6 Å². The average molecular weight is 462 g/mol. The fourth-order valence-electron chi connectivity index (χ4n) is 4.20. The number of nitrogens with one attached hydrogen (secondary N) is 2. The highest BCUT2D eigenvalue weighted by Gasteiger charge is 2.32. The maximum Gasteiger partial charge on any atom is 0.275 e. The molecule has 1 fully saturated rings. The molecule has 0 atom stereocenters. The molecular formula is C25H27N5O4. The Hall–Kier alpha value is -4.14. The van der Waals surface area contributed by atoms with E-state index in [0.717, 1.165) is 18.5 Å². The van der Waals surface area contributed by atoms with Gasteiger partial charge in [-0.3, -0.25) is 19.8 Å². The van der Waals surface area contributed by atoms with E-state index in [9.17, 15) is 14.4 Å². The van der Waals surface area contributed by atoms with Crippen LogP contribution in [0, 0.1) is 5.41 Å². The molecule has 34 heavy (non-hydrogen) atoms. The van der Waals surface area contributed by atoms with E-state index in [1.54, 1.807) is 41.2 Å². The van der Waals surface area contributed by atoms with Gasteiger partial charge in [-0.25, -0.2) is 0 Å². The Kier molecular flexibility index (Phi) is 6.62. The highest BCUT2D eigenvalue weighted by Crippen LogP contribution is 2.30. The van der Waals surface area contributed by atoms with E-state index < -0.39 is 5.91 Å². The predicted molar refractivity (Wildman–Crippen MR) is 130 cm³/mol. The van der Waals surface area contributed by atoms with Crippen LogP contribution in [0.4, 0.5) is 17.1 Å². The number of amides is 3. The van der Waals surface area contributed by atoms with Gasteiger partial charge in [-0.1, -0.05) is 0 Å². The summed E-state index contributed by atoms with van der Waals surface area (Å²) >= 11 is 0. The molecule has 176 valence electrons. The first kappa shape index (κ1) is 23.0. The summed E-state index contributed by atoms with van der Waals surface area (Å²) < 4.78 is 5.17. The number of nitrogens with two attached hydrogens (primary N) is 1. The first-order valence-corrected chi connectivity index (χ1v) is 11.1. The number of piperidine rings is 1. The van der Waals surface area contributed by atoms with Crippen LogP contribution in [0.2, 0.25) is 0 Å². The van der Waals surface area contributed by atoms with Crippen molar-refractivity contribution in [1.82, 2.24) is 0 Å². The van der Waals surface area contributed by atoms with Gasteiger partial charge >= 0.3 is 0 Å². The third kappa shape index (κ3) is 4.63. The monoisotopic (exact) mass is 461 g/mol. The average Bonchev–Trinajstić information content (AvgIpc) is 2.85. The number of nitrogens with zero attached hydrogens (tertiary/aromatic N) is 2. The van der Waals surface area contributed by atoms with Crippen LogP contribution in [0.25, 0.3) is 0 Å². The van der Waals surface area contributed by atoms with Gasteiger partial charge in [0.1, 0.15) is 17.2 Å². The summed E-state index contributed by atoms with van der Waals surface area (Å²) in [5.41, 5.74) is 7.46. The summed E-state index contributed by atoms with van der Waals surface area (Å²) in [5.74, 6) is -0.490. The second kappa shape index (κ2) is 9.78. The van der Waals surface area contributed by atoms with Gasteiger partial charge in [-0.15, -0.1) is 0 Å². The molecule has 0 aromatic heterocycles. The van der Waals surface area contributed by atoms with E-state index >= 15 is 0 Å². The normalized spacial score (nSPS) is 16.5. The SMILES string of the molecule is COc1ccc(NC2=C(C(=N)C(N)=O)CCN(c3ccc(N4CCCCC4=O)cc3)C2=O)cc1. The molecule has 9 heteroatoms. The van der Waals surface area contributed by atoms with Crippen molar-refractivity contribution in [3.05, 3.63) is 59.8 Å². The van der Waals surface area contributed by atoms with Crippen LogP contribution in [-0.4, -0.2) is 43.6 Å². The molecule has 0 unspecified atom stereocenters. The van der Waals surface area contributed by atoms with Crippen molar-refractivity contribution in [1.29, 1.82) is 5.41 Å². The fraction of sp³-hybridized carbons (Fsp3) is 0.280. The van der Waals surface area contributed by atoms with Crippen molar-refractivity contribution in [3.8, 4) is 5.75 Å². The largest absolute Gasteiger partial charge is 0.497 e. The molecule has 2 aromatic carbocycles. The first-order chi connectivity index (χ1) is 16.4. The summed E-state index contributed by atoms with van der Waals surface area (Å²) in [7, 11) is 1.56. The molecule has 2 aromatic rings. The van der Waals surface area contributed by atoms with Crippen molar-refractivity contribution in [2.45, 2.75) is 25.7 Å². The number of primary amides is 1. The Balaban J connectivity index is 1.61. The van der Waals surface area contributed by atoms with Gasteiger partial charge in [0.05, 0.1) is 7.11 Å². The van der Waals surface area contributed by atoms with E-state index in [2.05, 4.69) is 5.32 Å². The number of carbonyl (C=O) groups excluding carboxylic acids is 3. The molecule has 0 saturated carbocycles. The molecule has 9 nitrogen and oxygen atoms in total. The van der Waals surface area contributed by atoms with Crippen LogP contribution in [0.15, 0.2) is 59.8 Å². The molecule has 3 amide bonds. The molecule has 0 radical (unpaired) electrons. The van der Waals surface area contributed by atoms with Crippen LogP contribution in [0.1, 0.15) is 25.7 Å². The predicted octanol–water partition coefficient (Wildman–Crippen LogP) is 2.82. The lowest BCUT2D eigenvalue weighted by atomic mass is 9.98. The summed E-state index contributed by atoms with van der Waals surface area (Å²) in [4.78, 5) is 40.8. The van der Waals surface area contributed by atoms with Crippen molar-refractivity contribution in [3.63, 3.8) is 0 Å². The zero-order valence-electron chi connectivity index (χ0n) is 19.0. The number of hydrogen-bond acceptors (Lipinski definition) is 6. The van der Waals surface area contributed by atoms with E-state index in [1.165, 1.54) is 0 Å². The second-order valence-electron chi connectivity index (χ2n) is 8.17. The zero-order chi connectivity index (χ0) is 24.2. The Morgan fingerprint density at radius 1 is 0.941 bits per heavy atom. The number of hydrogen-bond donors (Lipinski definition) is 3. The highest BCUT2D eigenvalue weighted by molar-refractivity contribution is 6.44. The number of ether oxygens (including phenoxy) is 1. The van der Waals surface area contributed by atoms with Gasteiger partial charge in [0.2, 0.25) is 5.91 Å². The summed E-state index contributed by atoms with van der Waals surface area (Å²) in [6.07, 6.45) is 2.72. The van der Waals surface area contributed by atoms with Crippen molar-refractivity contribution in [2.75, 3.05) is 35.3 Å². The van der Waals surface area contributed by atoms with Gasteiger partial charge in [0.25, 0.3) is 11.8 Å². The Labute approximate surface area is 197 Å². The molecule has 2 aliphatic heterocycles. The molecule has 0 aliphatic carbocycles. The number of methoxy groups -OCH3 is 1. The Morgan fingerprint density at radius 2 is 1.59 bits per heavy atom. The quantitative estimate of drug-likeness (QED) is 0.546. The molecule has 4 N–H and O–H groups in total. The lowest BCUT2D eigenvalue weighted by Gasteiger charge is -2.32. The van der Waals surface area contributed by atoms with E-state index in [4.69, 9.17) is 15.9 Å². The molecule has 2 aliphatic rings. The van der Waals surface area contributed by atoms with Crippen LogP contribution in [0.3, 0.4) is 0 Å². The molecular weight excluding hydrogens is 434 g/mol. The molecule has 2 heterocycles. The van der Waals surface area contributed by atoms with Crippen molar-refractivity contribution < 1.29 is 19.1 Å². The Morgan fingerprint density at radius 3 is 2.18 bits per heavy atom. The molecule has 4 rings (SSSR count). The number of benzene rings is 2. The lowest BCUT2D eigenvalue weighted by molar-refractivity contribution is -0.119. The van der Waals surface area contributed by atoms with Gasteiger partial charge in [-0.05, 0) is 67.8 Å². The van der Waals surface area contributed by atoms with Crippen molar-refractivity contribution in [2.24, 2.45) is 5.73 Å². The van der Waals surface area contributed by atoms with Crippen LogP contribution in [0.5, 0.6) is 5.75 Å². The maximum absolute atomic E-state index is 13.5. The van der Waals surface area contributed by atoms with Crippen molar-refractivity contribution >= 4 is 40.5 Å². The minimum atomic E-state index is -0.888. The maximum atomic E-state index is 13.5. The second-order valence-corrected chi connectivity index (χ2v) is 8.17. The Bertz CT molecular complexity index is 1150. The first-order valence-electron chi connectivity index (χ1n) is 11.1. The highest BCUT2D eigenvalue weighted by atomic mass is 16.5. The zero-order valence-corrected chi connectivity index (χ0v) is 19.0. The third-order valence-electron chi connectivity index (χ3n) is 6.05. The molecule has 0 bridgehead atoms. The standard InChI is InChI=1S/C25H27N5O4/c1-34-19-11-5-16(6-12-19)28-23-20(22(26)24(27)32)13-15-30(25(23)33)18-9-7-17(8-10-18)29-14-3-2-4-21(29)31/h5-12,26,28H,2-4,13-15H2,1H3,(H2,27,32). The minimum absolute atomic E-state index is 0.108. The van der Waals surface area contributed by atoms with Crippen LogP contribution in [-0.2, 0) is 14.4 Å². The number of carbonyl (C=O) groups is 3. The summed E-state index contributed by atoms with van der Waals surface area (Å²) in [6, 6.07) is 14.3. The van der Waals surface area contributed by atoms with Gasteiger partial charge in [-0.2, -0.15) is 0 Å². The molecule has 0 spiro atoms.